The Balaban J connectivity index is 1.56. The molecule has 102 valence electrons. The molecule has 0 amide bonds. The zero-order chi connectivity index (χ0) is 12.8. The molecule has 18 heavy (non-hydrogen) atoms. The second kappa shape index (κ2) is 3.13. The van der Waals surface area contributed by atoms with Crippen LogP contribution in [-0.4, -0.2) is 35.6 Å². The van der Waals surface area contributed by atoms with Crippen LogP contribution in [-0.2, 0) is 14.2 Å². The number of hydrogen-bond acceptors (Lipinski definition) is 3. The van der Waals surface area contributed by atoms with Gasteiger partial charge in [0.1, 0.15) is 0 Å². The summed E-state index contributed by atoms with van der Waals surface area (Å²) in [6.07, 6.45) is 6.18. The molecule has 3 saturated heterocycles. The largest absolute Gasteiger partial charge is 0.369 e. The number of hydrogen-bond donors (Lipinski definition) is 0. The fourth-order valence-electron chi connectivity index (χ4n) is 4.00. The van der Waals surface area contributed by atoms with Crippen LogP contribution in [0, 0.1) is 5.41 Å². The number of ether oxygens (including phenoxy) is 3. The van der Waals surface area contributed by atoms with Crippen molar-refractivity contribution in [3.63, 3.8) is 0 Å². The molecule has 0 unspecified atom stereocenters. The van der Waals surface area contributed by atoms with Crippen LogP contribution < -0.4 is 0 Å². The Morgan fingerprint density at radius 2 is 1.61 bits per heavy atom. The second-order valence-electron chi connectivity index (χ2n) is 7.87. The molecule has 0 aromatic rings. The lowest BCUT2D eigenvalue weighted by molar-refractivity contribution is 0.200. The molecule has 0 bridgehead atoms. The molecule has 4 fully saturated rings. The third-order valence-electron chi connectivity index (χ3n) is 5.64. The second-order valence-corrected chi connectivity index (χ2v) is 7.87. The summed E-state index contributed by atoms with van der Waals surface area (Å²) in [4.78, 5) is 0. The topological polar surface area (TPSA) is 37.6 Å². The minimum absolute atomic E-state index is 0.0839. The van der Waals surface area contributed by atoms with Crippen molar-refractivity contribution in [2.75, 3.05) is 0 Å². The average molecular weight is 252 g/mol. The van der Waals surface area contributed by atoms with Gasteiger partial charge in [-0.1, -0.05) is 13.8 Å². The summed E-state index contributed by atoms with van der Waals surface area (Å²) in [5.74, 6) is 0. The van der Waals surface area contributed by atoms with Gasteiger partial charge in [-0.15, -0.1) is 0 Å². The van der Waals surface area contributed by atoms with E-state index in [0.717, 1.165) is 25.7 Å². The van der Waals surface area contributed by atoms with Crippen molar-refractivity contribution in [3.05, 3.63) is 0 Å². The van der Waals surface area contributed by atoms with Crippen LogP contribution in [0.2, 0.25) is 0 Å². The minimum atomic E-state index is 0.0839. The van der Waals surface area contributed by atoms with Crippen LogP contribution in [0.3, 0.4) is 0 Å². The van der Waals surface area contributed by atoms with E-state index < -0.39 is 0 Å². The summed E-state index contributed by atoms with van der Waals surface area (Å²) in [5.41, 5.74) is 0.428. The molecule has 0 N–H and O–H groups in total. The summed E-state index contributed by atoms with van der Waals surface area (Å²) < 4.78 is 17.8. The molecule has 4 rings (SSSR count). The van der Waals surface area contributed by atoms with E-state index in [0.29, 0.717) is 24.4 Å². The van der Waals surface area contributed by atoms with Gasteiger partial charge < -0.3 is 14.2 Å². The number of fused-ring (bicyclic) bond motifs is 3. The molecule has 3 nitrogen and oxygen atoms in total. The lowest BCUT2D eigenvalue weighted by Gasteiger charge is -2.22. The van der Waals surface area contributed by atoms with Gasteiger partial charge in [0.2, 0.25) is 0 Å². The first-order chi connectivity index (χ1) is 8.32. The minimum Gasteiger partial charge on any atom is -0.369 e. The van der Waals surface area contributed by atoms with Crippen LogP contribution in [0.25, 0.3) is 0 Å². The summed E-state index contributed by atoms with van der Waals surface area (Å²) in [7, 11) is 0. The molecule has 3 heteroatoms. The maximum Gasteiger partial charge on any atom is 0.0946 e. The smallest absolute Gasteiger partial charge is 0.0946 e. The van der Waals surface area contributed by atoms with Gasteiger partial charge in [-0.25, -0.2) is 0 Å². The maximum atomic E-state index is 5.97. The molecule has 0 aromatic heterocycles. The molecule has 0 radical (unpaired) electrons. The highest BCUT2D eigenvalue weighted by Gasteiger charge is 2.64. The van der Waals surface area contributed by atoms with Gasteiger partial charge in [0.05, 0.1) is 35.6 Å². The Hall–Kier alpha value is -0.120. The standard InChI is InChI=1S/C15H24O3/c1-13(2)8-11-14(3,18-11)6-5-10-15(4,17-10)7-9-12(13)16-9/h9-12H,5-8H2,1-4H3/t9-,10+,11-,12+,14-,15+/m0/s1. The Bertz CT molecular complexity index is 393. The lowest BCUT2D eigenvalue weighted by atomic mass is 9.80. The van der Waals surface area contributed by atoms with Crippen molar-refractivity contribution in [1.29, 1.82) is 0 Å². The van der Waals surface area contributed by atoms with Crippen molar-refractivity contribution < 1.29 is 14.2 Å². The molecule has 0 aromatic carbocycles. The predicted molar refractivity (Wildman–Crippen MR) is 67.5 cm³/mol. The van der Waals surface area contributed by atoms with E-state index in [9.17, 15) is 0 Å². The normalized spacial score (nSPS) is 60.7. The zero-order valence-corrected chi connectivity index (χ0v) is 11.9. The quantitative estimate of drug-likeness (QED) is 0.622. The highest BCUT2D eigenvalue weighted by atomic mass is 16.6. The fraction of sp³-hybridized carbons (Fsp3) is 1.00. The molecular weight excluding hydrogens is 228 g/mol. The van der Waals surface area contributed by atoms with Crippen LogP contribution in [0.4, 0.5) is 0 Å². The van der Waals surface area contributed by atoms with Crippen LogP contribution >= 0.6 is 0 Å². The predicted octanol–water partition coefficient (Wildman–Crippen LogP) is 2.67. The van der Waals surface area contributed by atoms with Crippen molar-refractivity contribution in [2.45, 2.75) is 89.0 Å². The highest BCUT2D eigenvalue weighted by molar-refractivity contribution is 5.12. The van der Waals surface area contributed by atoms with Crippen LogP contribution in [0.1, 0.15) is 53.4 Å². The van der Waals surface area contributed by atoms with Crippen LogP contribution in [0.15, 0.2) is 0 Å². The SMILES string of the molecule is CC1(C)C[C@@H]2O[C@@]2(C)CC[C@H]2O[C@]2(C)C[C@@H]2O[C@H]21. The zero-order valence-electron chi connectivity index (χ0n) is 11.9. The maximum absolute atomic E-state index is 5.97. The van der Waals surface area contributed by atoms with E-state index in [1.54, 1.807) is 0 Å². The monoisotopic (exact) mass is 252 g/mol. The molecule has 3 aliphatic heterocycles. The Kier molecular flexibility index (Phi) is 2.03. The van der Waals surface area contributed by atoms with E-state index in [1.807, 2.05) is 0 Å². The van der Waals surface area contributed by atoms with Crippen molar-refractivity contribution >= 4 is 0 Å². The molecule has 4 aliphatic rings. The van der Waals surface area contributed by atoms with Gasteiger partial charge in [-0.2, -0.15) is 0 Å². The Labute approximate surface area is 109 Å². The van der Waals surface area contributed by atoms with Gasteiger partial charge >= 0.3 is 0 Å². The van der Waals surface area contributed by atoms with Crippen LogP contribution in [0.5, 0.6) is 0 Å². The van der Waals surface area contributed by atoms with Crippen molar-refractivity contribution in [3.8, 4) is 0 Å². The third-order valence-corrected chi connectivity index (χ3v) is 5.64. The van der Waals surface area contributed by atoms with E-state index in [-0.39, 0.29) is 16.6 Å². The lowest BCUT2D eigenvalue weighted by Crippen LogP contribution is -2.26. The molecule has 1 saturated carbocycles. The average Bonchev–Trinajstić information content (AvgIpc) is 3.14. The number of rotatable bonds is 0. The summed E-state index contributed by atoms with van der Waals surface area (Å²) >= 11 is 0. The highest BCUT2D eigenvalue weighted by Crippen LogP contribution is 2.56. The summed E-state index contributed by atoms with van der Waals surface area (Å²) in [6, 6.07) is 0. The fourth-order valence-corrected chi connectivity index (χ4v) is 4.00. The van der Waals surface area contributed by atoms with Crippen molar-refractivity contribution in [2.24, 2.45) is 5.41 Å². The van der Waals surface area contributed by atoms with Gasteiger partial charge in [0.25, 0.3) is 0 Å². The Morgan fingerprint density at radius 1 is 0.889 bits per heavy atom. The molecule has 3 heterocycles. The first-order valence-corrected chi connectivity index (χ1v) is 7.34. The number of epoxide rings is 3. The van der Waals surface area contributed by atoms with Gasteiger partial charge in [0.15, 0.2) is 0 Å². The summed E-state index contributed by atoms with van der Waals surface area (Å²) in [6.45, 7) is 9.15. The molecule has 1 aliphatic carbocycles. The molecular formula is C15H24O3. The first kappa shape index (κ1) is 11.7. The van der Waals surface area contributed by atoms with Crippen molar-refractivity contribution in [1.82, 2.24) is 0 Å². The van der Waals surface area contributed by atoms with E-state index in [4.69, 9.17) is 14.2 Å². The Morgan fingerprint density at radius 3 is 2.39 bits per heavy atom. The van der Waals surface area contributed by atoms with E-state index in [1.165, 1.54) is 0 Å². The van der Waals surface area contributed by atoms with E-state index in [2.05, 4.69) is 27.7 Å². The third kappa shape index (κ3) is 1.67. The molecule has 0 spiro atoms. The molecule has 6 atom stereocenters. The van der Waals surface area contributed by atoms with Gasteiger partial charge in [0, 0.05) is 6.42 Å². The summed E-state index contributed by atoms with van der Waals surface area (Å²) in [5, 5.41) is 0. The van der Waals surface area contributed by atoms with Gasteiger partial charge in [-0.3, -0.25) is 0 Å². The van der Waals surface area contributed by atoms with Gasteiger partial charge in [-0.05, 0) is 38.5 Å². The van der Waals surface area contributed by atoms with E-state index >= 15 is 0 Å². The first-order valence-electron chi connectivity index (χ1n) is 7.34.